The molecule has 1 aliphatic rings. The number of likely N-dealkylation sites (tertiary alicyclic amines) is 1. The fourth-order valence-corrected chi connectivity index (χ4v) is 3.27. The minimum atomic E-state index is -4.83. The van der Waals surface area contributed by atoms with Gasteiger partial charge in [0.1, 0.15) is 17.2 Å². The van der Waals surface area contributed by atoms with Crippen LogP contribution in [-0.2, 0) is 0 Å². The summed E-state index contributed by atoms with van der Waals surface area (Å²) in [7, 11) is 0. The molecule has 0 radical (unpaired) electrons. The summed E-state index contributed by atoms with van der Waals surface area (Å²) in [5, 5.41) is 21.5. The van der Waals surface area contributed by atoms with Gasteiger partial charge in [0, 0.05) is 24.2 Å². The number of anilines is 1. The van der Waals surface area contributed by atoms with Crippen LogP contribution >= 0.6 is 0 Å². The van der Waals surface area contributed by atoms with E-state index in [2.05, 4.69) is 37.1 Å². The third-order valence-electron chi connectivity index (χ3n) is 4.60. The molecule has 0 bridgehead atoms. The number of alkyl halides is 3. The van der Waals surface area contributed by atoms with Gasteiger partial charge in [-0.25, -0.2) is 4.98 Å². The van der Waals surface area contributed by atoms with E-state index >= 15 is 0 Å². The number of halogens is 3. The average molecular weight is 397 g/mol. The quantitative estimate of drug-likeness (QED) is 0.801. The van der Waals surface area contributed by atoms with Crippen molar-refractivity contribution >= 4 is 5.95 Å². The predicted octanol–water partition coefficient (Wildman–Crippen LogP) is 3.35. The first-order valence-electron chi connectivity index (χ1n) is 9.04. The Balaban J connectivity index is 1.75. The van der Waals surface area contributed by atoms with Crippen molar-refractivity contribution in [1.82, 2.24) is 20.1 Å². The zero-order valence-electron chi connectivity index (χ0n) is 15.6. The number of nitrogens with zero attached hydrogens (tertiary/aromatic N) is 4. The number of aryl methyl sites for hydroxylation is 1. The second-order valence-electron chi connectivity index (χ2n) is 6.67. The maximum absolute atomic E-state index is 12.3. The highest BCUT2D eigenvalue weighted by atomic mass is 19.4. The Hall–Kier alpha value is -2.62. The Morgan fingerprint density at radius 3 is 2.75 bits per heavy atom. The highest BCUT2D eigenvalue weighted by Crippen LogP contribution is 2.34. The molecule has 2 heterocycles. The zero-order valence-corrected chi connectivity index (χ0v) is 15.6. The smallest absolute Gasteiger partial charge is 0.507 e. The second kappa shape index (κ2) is 8.17. The standard InChI is InChI=1S/C18H22F3N5O2/c1-3-26-8-4-5-12(10-26)23-17-22-11(2)16(24-25-17)14-7-6-13(9-15(14)27)28-18(19,20)21/h6-7,9,12,27H,3-5,8,10H2,1-2H3,(H,22,23,25)/t12-/m1/s1. The number of hydrogen-bond acceptors (Lipinski definition) is 7. The van der Waals surface area contributed by atoms with Crippen molar-refractivity contribution in [3.63, 3.8) is 0 Å². The van der Waals surface area contributed by atoms with Gasteiger partial charge in [-0.1, -0.05) is 6.92 Å². The van der Waals surface area contributed by atoms with Crippen LogP contribution in [0.4, 0.5) is 19.1 Å². The summed E-state index contributed by atoms with van der Waals surface area (Å²) in [6.07, 6.45) is -2.72. The van der Waals surface area contributed by atoms with Crippen LogP contribution in [-0.4, -0.2) is 57.2 Å². The second-order valence-corrected chi connectivity index (χ2v) is 6.67. The number of hydrogen-bond donors (Lipinski definition) is 2. The molecular formula is C18H22F3N5O2. The number of piperidine rings is 1. The van der Waals surface area contributed by atoms with Crippen LogP contribution in [0.15, 0.2) is 18.2 Å². The molecule has 3 rings (SSSR count). The molecular weight excluding hydrogens is 375 g/mol. The molecule has 1 aromatic carbocycles. The summed E-state index contributed by atoms with van der Waals surface area (Å²) < 4.78 is 40.7. The predicted molar refractivity (Wildman–Crippen MR) is 97.1 cm³/mol. The van der Waals surface area contributed by atoms with Gasteiger partial charge in [0.25, 0.3) is 0 Å². The molecule has 152 valence electrons. The first-order valence-corrected chi connectivity index (χ1v) is 9.04. The van der Waals surface area contributed by atoms with Gasteiger partial charge in [0.05, 0.1) is 5.69 Å². The maximum Gasteiger partial charge on any atom is 0.573 e. The van der Waals surface area contributed by atoms with E-state index in [0.717, 1.165) is 44.6 Å². The van der Waals surface area contributed by atoms with Crippen LogP contribution < -0.4 is 10.1 Å². The van der Waals surface area contributed by atoms with E-state index in [9.17, 15) is 18.3 Å². The highest BCUT2D eigenvalue weighted by Gasteiger charge is 2.31. The molecule has 0 amide bonds. The normalized spacial score (nSPS) is 18.1. The third-order valence-corrected chi connectivity index (χ3v) is 4.60. The number of phenols is 1. The van der Waals surface area contributed by atoms with Crippen molar-refractivity contribution in [3.05, 3.63) is 23.9 Å². The first-order chi connectivity index (χ1) is 13.2. The fraction of sp³-hybridized carbons (Fsp3) is 0.500. The molecule has 0 saturated carbocycles. The SMILES string of the molecule is CCN1CCC[C@@H](Nc2nnc(-c3ccc(OC(F)(F)F)cc3O)c(C)n2)C1. The Labute approximate surface area is 160 Å². The summed E-state index contributed by atoms with van der Waals surface area (Å²) in [6, 6.07) is 3.52. The number of phenolic OH excluding ortho intramolecular Hbond substituents is 1. The highest BCUT2D eigenvalue weighted by molar-refractivity contribution is 5.69. The van der Waals surface area contributed by atoms with E-state index in [1.807, 2.05) is 0 Å². The number of nitrogens with one attached hydrogen (secondary N) is 1. The first kappa shape index (κ1) is 20.1. The molecule has 1 aromatic heterocycles. The van der Waals surface area contributed by atoms with Crippen molar-refractivity contribution in [3.8, 4) is 22.8 Å². The molecule has 1 saturated heterocycles. The molecule has 0 unspecified atom stereocenters. The number of likely N-dealkylation sites (N-methyl/N-ethyl adjacent to an activating group) is 1. The molecule has 1 atom stereocenters. The van der Waals surface area contributed by atoms with E-state index in [1.54, 1.807) is 6.92 Å². The summed E-state index contributed by atoms with van der Waals surface area (Å²) in [4.78, 5) is 6.74. The molecule has 10 heteroatoms. The summed E-state index contributed by atoms with van der Waals surface area (Å²) in [6.45, 7) is 6.80. The topological polar surface area (TPSA) is 83.4 Å². The summed E-state index contributed by atoms with van der Waals surface area (Å²) >= 11 is 0. The Bertz CT molecular complexity index is 831. The lowest BCUT2D eigenvalue weighted by Crippen LogP contribution is -2.42. The van der Waals surface area contributed by atoms with Gasteiger partial charge in [0.2, 0.25) is 5.95 Å². The van der Waals surface area contributed by atoms with Gasteiger partial charge in [-0.3, -0.25) is 0 Å². The fourth-order valence-electron chi connectivity index (χ4n) is 3.27. The number of aromatic nitrogens is 3. The molecule has 0 aliphatic carbocycles. The monoisotopic (exact) mass is 397 g/mol. The maximum atomic E-state index is 12.3. The molecule has 1 fully saturated rings. The summed E-state index contributed by atoms with van der Waals surface area (Å²) in [5.41, 5.74) is 1.02. The van der Waals surface area contributed by atoms with Crippen molar-refractivity contribution < 1.29 is 23.0 Å². The minimum absolute atomic E-state index is 0.230. The van der Waals surface area contributed by atoms with Crippen LogP contribution in [0.2, 0.25) is 0 Å². The Morgan fingerprint density at radius 1 is 1.32 bits per heavy atom. The van der Waals surface area contributed by atoms with Gasteiger partial charge >= 0.3 is 6.36 Å². The van der Waals surface area contributed by atoms with Gasteiger partial charge in [-0.2, -0.15) is 0 Å². The third kappa shape index (κ3) is 5.00. The van der Waals surface area contributed by atoms with E-state index < -0.39 is 17.9 Å². The van der Waals surface area contributed by atoms with Crippen LogP contribution in [0, 0.1) is 6.92 Å². The van der Waals surface area contributed by atoms with E-state index in [0.29, 0.717) is 17.3 Å². The van der Waals surface area contributed by atoms with Gasteiger partial charge in [-0.05, 0) is 45.0 Å². The minimum Gasteiger partial charge on any atom is -0.507 e. The van der Waals surface area contributed by atoms with E-state index in [4.69, 9.17) is 0 Å². The van der Waals surface area contributed by atoms with Crippen molar-refractivity contribution in [2.24, 2.45) is 0 Å². The van der Waals surface area contributed by atoms with E-state index in [1.165, 1.54) is 6.07 Å². The lowest BCUT2D eigenvalue weighted by atomic mass is 10.1. The van der Waals surface area contributed by atoms with E-state index in [-0.39, 0.29) is 11.6 Å². The van der Waals surface area contributed by atoms with Crippen molar-refractivity contribution in [1.29, 1.82) is 0 Å². The molecule has 7 nitrogen and oxygen atoms in total. The van der Waals surface area contributed by atoms with Crippen LogP contribution in [0.3, 0.4) is 0 Å². The van der Waals surface area contributed by atoms with Crippen molar-refractivity contribution in [2.45, 2.75) is 39.1 Å². The molecule has 28 heavy (non-hydrogen) atoms. The number of aromatic hydroxyl groups is 1. The summed E-state index contributed by atoms with van der Waals surface area (Å²) in [5.74, 6) is -0.517. The molecule has 2 N–H and O–H groups in total. The number of benzene rings is 1. The zero-order chi connectivity index (χ0) is 20.3. The largest absolute Gasteiger partial charge is 0.573 e. The number of ether oxygens (including phenoxy) is 1. The molecule has 0 spiro atoms. The lowest BCUT2D eigenvalue weighted by Gasteiger charge is -2.32. The van der Waals surface area contributed by atoms with Gasteiger partial charge in [0.15, 0.2) is 0 Å². The molecule has 2 aromatic rings. The number of rotatable bonds is 5. The Kier molecular flexibility index (Phi) is 5.87. The lowest BCUT2D eigenvalue weighted by molar-refractivity contribution is -0.274. The van der Waals surface area contributed by atoms with Gasteiger partial charge in [-0.15, -0.1) is 23.4 Å². The van der Waals surface area contributed by atoms with Crippen LogP contribution in [0.5, 0.6) is 11.5 Å². The Morgan fingerprint density at radius 2 is 2.11 bits per heavy atom. The van der Waals surface area contributed by atoms with Crippen LogP contribution in [0.25, 0.3) is 11.3 Å². The average Bonchev–Trinajstić information content (AvgIpc) is 2.61. The van der Waals surface area contributed by atoms with Gasteiger partial charge < -0.3 is 20.1 Å². The van der Waals surface area contributed by atoms with Crippen molar-refractivity contribution in [2.75, 3.05) is 25.0 Å². The van der Waals surface area contributed by atoms with Crippen LogP contribution in [0.1, 0.15) is 25.5 Å². The molecule has 1 aliphatic heterocycles.